The molecule has 17 heteroatoms. The van der Waals surface area contributed by atoms with Crippen LogP contribution in [0, 0.1) is 33.5 Å². The van der Waals surface area contributed by atoms with Gasteiger partial charge in [-0.2, -0.15) is 4.31 Å². The number of carbonyl (C=O) groups is 4. The first-order valence-corrected chi connectivity index (χ1v) is 23.1. The van der Waals surface area contributed by atoms with Gasteiger partial charge in [0.05, 0.1) is 4.90 Å². The van der Waals surface area contributed by atoms with Crippen LogP contribution in [0.25, 0.3) is 0 Å². The number of pyridine rings is 1. The molecule has 1 aromatic carbocycles. The summed E-state index contributed by atoms with van der Waals surface area (Å²) in [5.41, 5.74) is -2.83. The zero-order valence-electron chi connectivity index (χ0n) is 35.2. The summed E-state index contributed by atoms with van der Waals surface area (Å²) in [5, 5.41) is 8.52. The molecule has 2 aromatic rings. The van der Waals surface area contributed by atoms with E-state index in [-0.39, 0.29) is 45.7 Å². The SMILES string of the molecule is C=C[C@@H]1C[C@]1(NC(=O)[C@@H]1C[C@@]2(CN1C(=O)[C@@H](NC(=O)N[C@H](CN(C)S(=O)(=O)c1ccccn1)C(C)(C)C)C(C)C)C(C)(C)C21CCC1)C(=O)NS(=O)(=O)c1ccccc1. The number of hydrogen-bond donors (Lipinski definition) is 4. The summed E-state index contributed by atoms with van der Waals surface area (Å²) < 4.78 is 56.3. The van der Waals surface area contributed by atoms with Gasteiger partial charge in [0.2, 0.25) is 11.8 Å². The Hall–Kier alpha value is -4.35. The number of sulfonamides is 2. The molecule has 6 atom stereocenters. The van der Waals surface area contributed by atoms with Crippen molar-refractivity contribution in [2.45, 2.75) is 114 Å². The number of rotatable bonds is 14. The van der Waals surface area contributed by atoms with Crippen molar-refractivity contribution in [2.75, 3.05) is 20.1 Å². The summed E-state index contributed by atoms with van der Waals surface area (Å²) >= 11 is 0. The molecular formula is C42H59N7O8S2. The maximum absolute atomic E-state index is 14.8. The van der Waals surface area contributed by atoms with Crippen LogP contribution < -0.4 is 20.7 Å². The van der Waals surface area contributed by atoms with Crippen LogP contribution in [-0.4, -0.2) is 98.6 Å². The standard InChI is InChI=1S/C42H59N7O8S2/c1-10-28-23-42(28,36(52)47-58(54,55)29-17-12-11-13-18-29)46-34(50)30-24-41(39(7,8)40(41)20-16-21-40)26-49(30)35(51)33(27(2)3)45-37(53)44-31(38(4,5)6)25-48(9)59(56,57)32-19-14-15-22-43-32/h10-15,17-19,22,27-28,30-31,33H,1,16,20-21,23-26H2,2-9H3,(H,46,50)(H,47,52)(H2,44,45,53)/t28-,30+,31-,33+,41-,42-/m1/s1. The summed E-state index contributed by atoms with van der Waals surface area (Å²) in [6.07, 6.45) is 6.34. The molecule has 59 heavy (non-hydrogen) atoms. The molecule has 5 amide bonds. The number of hydrogen-bond acceptors (Lipinski definition) is 9. The smallest absolute Gasteiger partial charge is 0.315 e. The minimum absolute atomic E-state index is 0.0602. The Morgan fingerprint density at radius 1 is 0.966 bits per heavy atom. The second kappa shape index (κ2) is 15.3. The first kappa shape index (κ1) is 44.2. The Balaban J connectivity index is 1.23. The lowest BCUT2D eigenvalue weighted by Gasteiger charge is -2.35. The number of carbonyl (C=O) groups excluding carboxylic acids is 4. The predicted molar refractivity (Wildman–Crippen MR) is 221 cm³/mol. The van der Waals surface area contributed by atoms with Gasteiger partial charge in [-0.05, 0) is 72.1 Å². The highest BCUT2D eigenvalue weighted by molar-refractivity contribution is 7.90. The average Bonchev–Trinajstić information content (AvgIpc) is 3.88. The molecule has 4 fully saturated rings. The molecule has 1 aliphatic heterocycles. The van der Waals surface area contributed by atoms with E-state index < -0.39 is 84.7 Å². The summed E-state index contributed by atoms with van der Waals surface area (Å²) in [6, 6.07) is 8.59. The highest BCUT2D eigenvalue weighted by atomic mass is 32.2. The van der Waals surface area contributed by atoms with Crippen LogP contribution in [0.4, 0.5) is 4.79 Å². The van der Waals surface area contributed by atoms with Gasteiger partial charge >= 0.3 is 6.03 Å². The molecule has 6 rings (SSSR count). The van der Waals surface area contributed by atoms with Crippen molar-refractivity contribution in [3.05, 3.63) is 67.4 Å². The lowest BCUT2D eigenvalue weighted by atomic mass is 9.73. The van der Waals surface area contributed by atoms with Gasteiger partial charge < -0.3 is 20.9 Å². The van der Waals surface area contributed by atoms with Crippen LogP contribution >= 0.6 is 0 Å². The van der Waals surface area contributed by atoms with E-state index in [4.69, 9.17) is 0 Å². The van der Waals surface area contributed by atoms with Crippen LogP contribution in [0.15, 0.2) is 77.3 Å². The topological polar surface area (TPSA) is 204 Å². The van der Waals surface area contributed by atoms with Crippen LogP contribution in [-0.2, 0) is 34.4 Å². The summed E-state index contributed by atoms with van der Waals surface area (Å²) in [5.74, 6) is -2.91. The molecule has 4 N–H and O–H groups in total. The lowest BCUT2D eigenvalue weighted by Crippen LogP contribution is -2.60. The van der Waals surface area contributed by atoms with Crippen LogP contribution in [0.2, 0.25) is 0 Å². The van der Waals surface area contributed by atoms with E-state index in [1.165, 1.54) is 49.7 Å². The van der Waals surface area contributed by atoms with Crippen molar-refractivity contribution < 1.29 is 36.0 Å². The minimum atomic E-state index is -4.26. The highest BCUT2D eigenvalue weighted by Crippen LogP contribution is 2.88. The van der Waals surface area contributed by atoms with Crippen LogP contribution in [0.5, 0.6) is 0 Å². The molecule has 4 aliphatic rings. The fraction of sp³-hybridized carbons (Fsp3) is 0.595. The monoisotopic (exact) mass is 853 g/mol. The third-order valence-electron chi connectivity index (χ3n) is 14.1. The quantitative estimate of drug-likeness (QED) is 0.204. The fourth-order valence-electron chi connectivity index (χ4n) is 9.86. The highest BCUT2D eigenvalue weighted by Gasteiger charge is 2.85. The number of urea groups is 1. The maximum Gasteiger partial charge on any atom is 0.315 e. The molecule has 3 saturated carbocycles. The van der Waals surface area contributed by atoms with E-state index in [1.807, 2.05) is 20.8 Å². The number of nitrogens with one attached hydrogen (secondary N) is 4. The Morgan fingerprint density at radius 2 is 1.61 bits per heavy atom. The number of amides is 5. The molecule has 15 nitrogen and oxygen atoms in total. The van der Waals surface area contributed by atoms with Crippen LogP contribution in [0.1, 0.15) is 80.6 Å². The van der Waals surface area contributed by atoms with E-state index in [1.54, 1.807) is 36.9 Å². The van der Waals surface area contributed by atoms with Crippen molar-refractivity contribution in [1.82, 2.24) is 34.9 Å². The van der Waals surface area contributed by atoms with Crippen molar-refractivity contribution >= 4 is 43.8 Å². The molecule has 3 aliphatic carbocycles. The first-order valence-electron chi connectivity index (χ1n) is 20.2. The van der Waals surface area contributed by atoms with E-state index >= 15 is 0 Å². The van der Waals surface area contributed by atoms with E-state index in [0.29, 0.717) is 6.42 Å². The van der Waals surface area contributed by atoms with Gasteiger partial charge in [-0.25, -0.2) is 31.3 Å². The van der Waals surface area contributed by atoms with E-state index in [2.05, 4.69) is 46.1 Å². The van der Waals surface area contributed by atoms with Gasteiger partial charge in [0.25, 0.3) is 26.0 Å². The average molecular weight is 854 g/mol. The Labute approximate surface area is 348 Å². The normalized spacial score (nSPS) is 26.4. The molecule has 0 bridgehead atoms. The van der Waals surface area contributed by atoms with Gasteiger partial charge in [-0.1, -0.05) is 85.2 Å². The largest absolute Gasteiger partial charge is 0.339 e. The van der Waals surface area contributed by atoms with Crippen molar-refractivity contribution in [1.29, 1.82) is 0 Å². The van der Waals surface area contributed by atoms with Gasteiger partial charge in [-0.15, -0.1) is 6.58 Å². The molecular weight excluding hydrogens is 795 g/mol. The number of fused-ring (bicyclic) bond motifs is 1. The van der Waals surface area contributed by atoms with E-state index in [9.17, 15) is 36.0 Å². The molecule has 2 heterocycles. The van der Waals surface area contributed by atoms with Gasteiger partial charge in [0, 0.05) is 43.7 Å². The second-order valence-electron chi connectivity index (χ2n) is 18.8. The third-order valence-corrected chi connectivity index (χ3v) is 17.1. The van der Waals surface area contributed by atoms with Crippen molar-refractivity contribution in [3.63, 3.8) is 0 Å². The Kier molecular flexibility index (Phi) is 11.5. The molecule has 0 radical (unpaired) electrons. The van der Waals surface area contributed by atoms with Crippen molar-refractivity contribution in [3.8, 4) is 0 Å². The number of likely N-dealkylation sites (N-methyl/N-ethyl adjacent to an activating group) is 1. The summed E-state index contributed by atoms with van der Waals surface area (Å²) in [6.45, 7) is 17.5. The fourth-order valence-corrected chi connectivity index (χ4v) is 12.0. The molecule has 0 unspecified atom stereocenters. The molecule has 1 saturated heterocycles. The first-order chi connectivity index (χ1) is 27.4. The molecule has 322 valence electrons. The van der Waals surface area contributed by atoms with Gasteiger partial charge in [-0.3, -0.25) is 14.4 Å². The zero-order chi connectivity index (χ0) is 43.6. The van der Waals surface area contributed by atoms with Gasteiger partial charge in [0.15, 0.2) is 5.03 Å². The Morgan fingerprint density at radius 3 is 2.12 bits per heavy atom. The van der Waals surface area contributed by atoms with Crippen molar-refractivity contribution in [2.24, 2.45) is 33.5 Å². The summed E-state index contributed by atoms with van der Waals surface area (Å²) in [4.78, 5) is 62.5. The van der Waals surface area contributed by atoms with E-state index in [0.717, 1.165) is 23.6 Å². The summed E-state index contributed by atoms with van der Waals surface area (Å²) in [7, 11) is -6.82. The number of likely N-dealkylation sites (tertiary alicyclic amines) is 1. The third kappa shape index (κ3) is 7.55. The molecule has 2 spiro atoms. The number of aromatic nitrogens is 1. The number of benzene rings is 1. The zero-order valence-corrected chi connectivity index (χ0v) is 36.9. The number of nitrogens with zero attached hydrogens (tertiary/aromatic N) is 3. The predicted octanol–water partition coefficient (Wildman–Crippen LogP) is 3.80. The van der Waals surface area contributed by atoms with Crippen LogP contribution in [0.3, 0.4) is 0 Å². The second-order valence-corrected chi connectivity index (χ2v) is 22.5. The lowest BCUT2D eigenvalue weighted by molar-refractivity contribution is -0.141. The Bertz CT molecular complexity index is 2210. The maximum atomic E-state index is 14.8. The van der Waals surface area contributed by atoms with Gasteiger partial charge in [0.1, 0.15) is 17.6 Å². The minimum Gasteiger partial charge on any atom is -0.339 e. The molecule has 1 aromatic heterocycles.